The summed E-state index contributed by atoms with van der Waals surface area (Å²) in [7, 11) is 0. The Morgan fingerprint density at radius 3 is 2.55 bits per heavy atom. The first kappa shape index (κ1) is 20.2. The molecule has 0 saturated heterocycles. The number of amides is 1. The van der Waals surface area contributed by atoms with Gasteiger partial charge in [-0.3, -0.25) is 19.7 Å². The van der Waals surface area contributed by atoms with E-state index in [1.54, 1.807) is 29.1 Å². The van der Waals surface area contributed by atoms with Crippen LogP contribution in [-0.2, 0) is 4.79 Å². The standard InChI is InChI=1S/C20H13IN4O4/c21-15-9-18(25(28)29)16(10-17(15)24-6-1-2-7-24)23-20(27)11-19(26)14-5-3-4-13(8-14)12-22/h1-10H,11H2,(H,23,27). The molecule has 9 heteroatoms. The second-order valence-corrected chi connectivity index (χ2v) is 7.17. The highest BCUT2D eigenvalue weighted by atomic mass is 127. The van der Waals surface area contributed by atoms with Crippen LogP contribution in [0.3, 0.4) is 0 Å². The first-order valence-electron chi connectivity index (χ1n) is 8.33. The van der Waals surface area contributed by atoms with Crippen LogP contribution in [-0.4, -0.2) is 21.2 Å². The third kappa shape index (κ3) is 4.67. The van der Waals surface area contributed by atoms with Gasteiger partial charge in [-0.05, 0) is 52.9 Å². The van der Waals surface area contributed by atoms with E-state index in [0.717, 1.165) is 0 Å². The second-order valence-electron chi connectivity index (χ2n) is 6.01. The fraction of sp³-hybridized carbons (Fsp3) is 0.0500. The average Bonchev–Trinajstić information content (AvgIpc) is 3.23. The van der Waals surface area contributed by atoms with Gasteiger partial charge in [0, 0.05) is 27.6 Å². The molecule has 8 nitrogen and oxygen atoms in total. The monoisotopic (exact) mass is 500 g/mol. The Labute approximate surface area is 179 Å². The van der Waals surface area contributed by atoms with E-state index in [1.807, 2.05) is 40.8 Å². The number of hydrogen-bond donors (Lipinski definition) is 1. The van der Waals surface area contributed by atoms with Crippen molar-refractivity contribution in [2.75, 3.05) is 5.32 Å². The number of rotatable bonds is 6. The summed E-state index contributed by atoms with van der Waals surface area (Å²) in [4.78, 5) is 35.5. The van der Waals surface area contributed by atoms with E-state index in [2.05, 4.69) is 5.32 Å². The molecule has 0 aliphatic rings. The molecular formula is C20H13IN4O4. The molecular weight excluding hydrogens is 487 g/mol. The van der Waals surface area contributed by atoms with Gasteiger partial charge in [0.2, 0.25) is 5.91 Å². The Morgan fingerprint density at radius 2 is 1.90 bits per heavy atom. The number of nitrogens with one attached hydrogen (secondary N) is 1. The Kier molecular flexibility index (Phi) is 6.04. The lowest BCUT2D eigenvalue weighted by molar-refractivity contribution is -0.384. The molecule has 0 spiro atoms. The maximum absolute atomic E-state index is 12.4. The van der Waals surface area contributed by atoms with Crippen LogP contribution in [0.5, 0.6) is 0 Å². The lowest BCUT2D eigenvalue weighted by Crippen LogP contribution is -2.18. The van der Waals surface area contributed by atoms with Crippen LogP contribution >= 0.6 is 22.6 Å². The zero-order valence-corrected chi connectivity index (χ0v) is 17.0. The molecule has 1 amide bonds. The molecule has 0 fully saturated rings. The largest absolute Gasteiger partial charge is 0.323 e. The number of anilines is 1. The molecule has 144 valence electrons. The zero-order chi connectivity index (χ0) is 21.0. The van der Waals surface area contributed by atoms with Crippen LogP contribution in [0, 0.1) is 25.0 Å². The minimum Gasteiger partial charge on any atom is -0.323 e. The van der Waals surface area contributed by atoms with Gasteiger partial charge in [0.25, 0.3) is 5.69 Å². The van der Waals surface area contributed by atoms with Crippen LogP contribution in [0.2, 0.25) is 0 Å². The quantitative estimate of drug-likeness (QED) is 0.180. The summed E-state index contributed by atoms with van der Waals surface area (Å²) in [5.41, 5.74) is 0.926. The van der Waals surface area contributed by atoms with Gasteiger partial charge >= 0.3 is 0 Å². The summed E-state index contributed by atoms with van der Waals surface area (Å²) in [6.45, 7) is 0. The van der Waals surface area contributed by atoms with Crippen LogP contribution in [0.15, 0.2) is 60.9 Å². The Balaban J connectivity index is 1.85. The number of nitro benzene ring substituents is 1. The molecule has 3 aromatic rings. The lowest BCUT2D eigenvalue weighted by Gasteiger charge is -2.11. The third-order valence-corrected chi connectivity index (χ3v) is 4.92. The van der Waals surface area contributed by atoms with E-state index < -0.39 is 23.0 Å². The van der Waals surface area contributed by atoms with Crippen LogP contribution < -0.4 is 5.32 Å². The lowest BCUT2D eigenvalue weighted by atomic mass is 10.1. The summed E-state index contributed by atoms with van der Waals surface area (Å²) >= 11 is 1.99. The molecule has 0 aliphatic heterocycles. The van der Waals surface area contributed by atoms with E-state index in [9.17, 15) is 19.7 Å². The fourth-order valence-corrected chi connectivity index (χ4v) is 3.43. The first-order valence-corrected chi connectivity index (χ1v) is 9.41. The topological polar surface area (TPSA) is 118 Å². The molecule has 1 heterocycles. The number of halogens is 1. The van der Waals surface area contributed by atoms with Gasteiger partial charge in [-0.1, -0.05) is 12.1 Å². The summed E-state index contributed by atoms with van der Waals surface area (Å²) < 4.78 is 2.40. The molecule has 0 aliphatic carbocycles. The van der Waals surface area contributed by atoms with Crippen molar-refractivity contribution in [3.05, 3.63) is 85.7 Å². The Bertz CT molecular complexity index is 1150. The van der Waals surface area contributed by atoms with Crippen LogP contribution in [0.25, 0.3) is 5.69 Å². The summed E-state index contributed by atoms with van der Waals surface area (Å²) in [5, 5.41) is 22.8. The number of nitriles is 1. The van der Waals surface area contributed by atoms with Crippen molar-refractivity contribution in [2.24, 2.45) is 0 Å². The summed E-state index contributed by atoms with van der Waals surface area (Å²) in [5.74, 6) is -1.17. The molecule has 0 atom stereocenters. The minimum atomic E-state index is -0.680. The number of nitro groups is 1. The predicted octanol–water partition coefficient (Wildman–Crippen LogP) is 4.07. The van der Waals surface area contributed by atoms with Gasteiger partial charge in [0.15, 0.2) is 5.78 Å². The van der Waals surface area contributed by atoms with Crippen LogP contribution in [0.4, 0.5) is 11.4 Å². The molecule has 3 rings (SSSR count). The molecule has 0 bridgehead atoms. The molecule has 0 saturated carbocycles. The highest BCUT2D eigenvalue weighted by Gasteiger charge is 2.21. The first-order chi connectivity index (χ1) is 13.9. The molecule has 0 unspecified atom stereocenters. The SMILES string of the molecule is N#Cc1cccc(C(=O)CC(=O)Nc2cc(-n3cccc3)c(I)cc2[N+](=O)[O-])c1. The maximum Gasteiger partial charge on any atom is 0.293 e. The van der Waals surface area contributed by atoms with Gasteiger partial charge in [-0.25, -0.2) is 0 Å². The van der Waals surface area contributed by atoms with Crippen molar-refractivity contribution < 1.29 is 14.5 Å². The Morgan fingerprint density at radius 1 is 1.17 bits per heavy atom. The van der Waals surface area contributed by atoms with Crippen molar-refractivity contribution >= 4 is 45.7 Å². The van der Waals surface area contributed by atoms with Gasteiger partial charge in [0.1, 0.15) is 5.69 Å². The number of ketones is 1. The van der Waals surface area contributed by atoms with Gasteiger partial charge in [-0.2, -0.15) is 5.26 Å². The van der Waals surface area contributed by atoms with Crippen molar-refractivity contribution in [3.8, 4) is 11.8 Å². The minimum absolute atomic E-state index is 0.00249. The van der Waals surface area contributed by atoms with E-state index in [0.29, 0.717) is 14.8 Å². The zero-order valence-electron chi connectivity index (χ0n) is 14.8. The highest BCUT2D eigenvalue weighted by Crippen LogP contribution is 2.31. The number of carbonyl (C=O) groups excluding carboxylic acids is 2. The smallest absolute Gasteiger partial charge is 0.293 e. The number of benzene rings is 2. The fourth-order valence-electron chi connectivity index (χ4n) is 2.70. The second kappa shape index (κ2) is 8.66. The normalized spacial score (nSPS) is 10.2. The molecule has 1 N–H and O–H groups in total. The summed E-state index contributed by atoms with van der Waals surface area (Å²) in [6.07, 6.45) is 3.05. The van der Waals surface area contributed by atoms with Gasteiger partial charge in [-0.15, -0.1) is 0 Å². The van der Waals surface area contributed by atoms with Crippen molar-refractivity contribution in [1.29, 1.82) is 5.26 Å². The molecule has 2 aromatic carbocycles. The predicted molar refractivity (Wildman–Crippen MR) is 114 cm³/mol. The van der Waals surface area contributed by atoms with Gasteiger partial charge < -0.3 is 9.88 Å². The number of hydrogen-bond acceptors (Lipinski definition) is 5. The Hall–Kier alpha value is -3.52. The van der Waals surface area contributed by atoms with Gasteiger partial charge in [0.05, 0.1) is 28.7 Å². The van der Waals surface area contributed by atoms with E-state index >= 15 is 0 Å². The van der Waals surface area contributed by atoms with E-state index in [4.69, 9.17) is 5.26 Å². The number of Topliss-reactive ketones (excluding diaryl/α,β-unsaturated/α-hetero) is 1. The number of nitrogens with zero attached hydrogens (tertiary/aromatic N) is 3. The number of aromatic nitrogens is 1. The van der Waals surface area contributed by atoms with Crippen molar-refractivity contribution in [3.63, 3.8) is 0 Å². The molecule has 0 radical (unpaired) electrons. The third-order valence-electron chi connectivity index (χ3n) is 4.05. The highest BCUT2D eigenvalue weighted by molar-refractivity contribution is 14.1. The molecule has 29 heavy (non-hydrogen) atoms. The van der Waals surface area contributed by atoms with Crippen LogP contribution in [0.1, 0.15) is 22.3 Å². The molecule has 1 aromatic heterocycles. The number of carbonyl (C=O) groups is 2. The van der Waals surface area contributed by atoms with E-state index in [1.165, 1.54) is 24.3 Å². The average molecular weight is 500 g/mol. The summed E-state index contributed by atoms with van der Waals surface area (Å²) in [6, 6.07) is 14.4. The van der Waals surface area contributed by atoms with Crippen molar-refractivity contribution in [1.82, 2.24) is 4.57 Å². The van der Waals surface area contributed by atoms with Crippen molar-refractivity contribution in [2.45, 2.75) is 6.42 Å². The van der Waals surface area contributed by atoms with E-state index in [-0.39, 0.29) is 16.9 Å². The maximum atomic E-state index is 12.4.